The van der Waals surface area contributed by atoms with Crippen molar-refractivity contribution in [3.8, 4) is 0 Å². The number of hydrogen-bond acceptors (Lipinski definition) is 6. The maximum atomic E-state index is 12.3. The molecular formula is C23H20O9S3. The summed E-state index contributed by atoms with van der Waals surface area (Å²) in [4.78, 5) is -2.10. The fourth-order valence-corrected chi connectivity index (χ4v) is 6.69. The molecule has 0 radical (unpaired) electrons. The van der Waals surface area contributed by atoms with Gasteiger partial charge < -0.3 is 0 Å². The lowest BCUT2D eigenvalue weighted by molar-refractivity contribution is 0.479. The molecule has 0 aromatic heterocycles. The Balaban J connectivity index is 2.22. The van der Waals surface area contributed by atoms with Crippen molar-refractivity contribution in [2.24, 2.45) is 0 Å². The Kier molecular flexibility index (Phi) is 6.03. The summed E-state index contributed by atoms with van der Waals surface area (Å²) in [7, 11) is -14.7. The van der Waals surface area contributed by atoms with Gasteiger partial charge in [-0.25, -0.2) is 0 Å². The molecule has 0 spiro atoms. The van der Waals surface area contributed by atoms with Gasteiger partial charge in [0.2, 0.25) is 0 Å². The van der Waals surface area contributed by atoms with E-state index in [2.05, 4.69) is 0 Å². The number of rotatable bonds is 5. The van der Waals surface area contributed by atoms with Gasteiger partial charge >= 0.3 is 0 Å². The molecule has 9 nitrogen and oxygen atoms in total. The van der Waals surface area contributed by atoms with E-state index in [0.717, 1.165) is 34.5 Å². The summed E-state index contributed by atoms with van der Waals surface area (Å²) in [6.07, 6.45) is -0.0858. The average molecular weight is 537 g/mol. The van der Waals surface area contributed by atoms with Crippen molar-refractivity contribution < 1.29 is 38.9 Å². The largest absolute Gasteiger partial charge is 0.295 e. The minimum Gasteiger partial charge on any atom is -0.282 e. The second kappa shape index (κ2) is 8.36. The van der Waals surface area contributed by atoms with Crippen molar-refractivity contribution in [3.05, 3.63) is 76.9 Å². The molecule has 0 fully saturated rings. The lowest BCUT2D eigenvalue weighted by atomic mass is 9.93. The van der Waals surface area contributed by atoms with Crippen molar-refractivity contribution in [1.29, 1.82) is 0 Å². The van der Waals surface area contributed by atoms with E-state index in [4.69, 9.17) is 0 Å². The van der Waals surface area contributed by atoms with Gasteiger partial charge in [0.1, 0.15) is 9.79 Å². The van der Waals surface area contributed by atoms with Crippen molar-refractivity contribution in [3.63, 3.8) is 0 Å². The topological polar surface area (TPSA) is 163 Å². The standard InChI is InChI=1S/C23H20O9S3/c1-13-5-3-8-19-15(6-4-7-18(13)19)10-16-11-17(33(24,25)26)12-20-21(34(27,28)29)9-14(2)23(22(16)20)35(30,31)32/h3-9,11-12H,10H2,1-2H3,(H,24,25,26)(H,27,28,29)(H,30,31,32). The van der Waals surface area contributed by atoms with Crippen LogP contribution in [0, 0.1) is 13.8 Å². The molecule has 0 aliphatic carbocycles. The molecule has 3 N–H and O–H groups in total. The van der Waals surface area contributed by atoms with E-state index in [-0.39, 0.29) is 22.9 Å². The zero-order chi connectivity index (χ0) is 25.9. The summed E-state index contributed by atoms with van der Waals surface area (Å²) >= 11 is 0. The lowest BCUT2D eigenvalue weighted by Gasteiger charge is -2.17. The van der Waals surface area contributed by atoms with Crippen LogP contribution in [0.5, 0.6) is 0 Å². The monoisotopic (exact) mass is 536 g/mol. The fourth-order valence-electron chi connectivity index (χ4n) is 4.40. The molecule has 35 heavy (non-hydrogen) atoms. The summed E-state index contributed by atoms with van der Waals surface area (Å²) in [5.74, 6) is 0. The fraction of sp³-hybridized carbons (Fsp3) is 0.130. The number of aryl methyl sites for hydroxylation is 2. The highest BCUT2D eigenvalue weighted by Crippen LogP contribution is 2.38. The third-order valence-electron chi connectivity index (χ3n) is 5.84. The molecule has 0 heterocycles. The van der Waals surface area contributed by atoms with Crippen LogP contribution >= 0.6 is 0 Å². The van der Waals surface area contributed by atoms with E-state index < -0.39 is 50.4 Å². The minimum absolute atomic E-state index is 0.00496. The SMILES string of the molecule is Cc1cc(S(=O)(=O)O)c2cc(S(=O)(=O)O)cc(Cc3cccc4c(C)cccc34)c2c1S(=O)(=O)O. The molecule has 0 saturated heterocycles. The highest BCUT2D eigenvalue weighted by Gasteiger charge is 2.28. The minimum atomic E-state index is -4.96. The maximum absolute atomic E-state index is 12.3. The van der Waals surface area contributed by atoms with Gasteiger partial charge in [-0.15, -0.1) is 0 Å². The second-order valence-electron chi connectivity index (χ2n) is 8.21. The predicted molar refractivity (Wildman–Crippen MR) is 130 cm³/mol. The first-order valence-electron chi connectivity index (χ1n) is 10.1. The molecule has 0 unspecified atom stereocenters. The molecule has 0 atom stereocenters. The second-order valence-corrected chi connectivity index (χ2v) is 12.4. The molecule has 0 amide bonds. The van der Waals surface area contributed by atoms with Crippen LogP contribution in [0.25, 0.3) is 21.5 Å². The normalized spacial score (nSPS) is 12.9. The van der Waals surface area contributed by atoms with Crippen molar-refractivity contribution in [2.75, 3.05) is 0 Å². The van der Waals surface area contributed by atoms with Crippen molar-refractivity contribution in [2.45, 2.75) is 35.0 Å². The third kappa shape index (κ3) is 4.68. The first-order valence-corrected chi connectivity index (χ1v) is 14.4. The Labute approximate surface area is 202 Å². The lowest BCUT2D eigenvalue weighted by Crippen LogP contribution is -2.10. The van der Waals surface area contributed by atoms with Crippen LogP contribution in [0.4, 0.5) is 0 Å². The molecule has 4 aromatic rings. The summed E-state index contributed by atoms with van der Waals surface area (Å²) < 4.78 is 103. The first kappa shape index (κ1) is 25.2. The van der Waals surface area contributed by atoms with E-state index in [9.17, 15) is 38.9 Å². The summed E-state index contributed by atoms with van der Waals surface area (Å²) in [5.41, 5.74) is 1.44. The van der Waals surface area contributed by atoms with Crippen LogP contribution in [-0.2, 0) is 36.8 Å². The van der Waals surface area contributed by atoms with Crippen molar-refractivity contribution in [1.82, 2.24) is 0 Å². The van der Waals surface area contributed by atoms with Gasteiger partial charge in [0, 0.05) is 10.8 Å². The molecular weight excluding hydrogens is 516 g/mol. The zero-order valence-corrected chi connectivity index (χ0v) is 20.9. The van der Waals surface area contributed by atoms with E-state index in [1.165, 1.54) is 6.92 Å². The molecule has 0 aliphatic heterocycles. The summed E-state index contributed by atoms with van der Waals surface area (Å²) in [6.45, 7) is 3.14. The molecule has 0 saturated carbocycles. The molecule has 0 aliphatic rings. The average Bonchev–Trinajstić information content (AvgIpc) is 2.71. The van der Waals surface area contributed by atoms with Crippen LogP contribution in [-0.4, -0.2) is 38.9 Å². The molecule has 0 bridgehead atoms. The molecule has 184 valence electrons. The van der Waals surface area contributed by atoms with Crippen molar-refractivity contribution >= 4 is 51.9 Å². The van der Waals surface area contributed by atoms with E-state index in [1.807, 2.05) is 31.2 Å². The molecule has 12 heteroatoms. The van der Waals surface area contributed by atoms with E-state index >= 15 is 0 Å². The Morgan fingerprint density at radius 3 is 1.86 bits per heavy atom. The molecule has 4 rings (SSSR count). The van der Waals surface area contributed by atoms with Crippen LogP contribution < -0.4 is 0 Å². The third-order valence-corrected chi connectivity index (χ3v) is 8.60. The van der Waals surface area contributed by atoms with E-state index in [0.29, 0.717) is 5.56 Å². The van der Waals surface area contributed by atoms with Crippen LogP contribution in [0.3, 0.4) is 0 Å². The number of fused-ring (bicyclic) bond motifs is 2. The molecule has 4 aromatic carbocycles. The maximum Gasteiger partial charge on any atom is 0.295 e. The summed E-state index contributed by atoms with van der Waals surface area (Å²) in [6, 6.07) is 13.5. The quantitative estimate of drug-likeness (QED) is 0.321. The highest BCUT2D eigenvalue weighted by molar-refractivity contribution is 7.87. The predicted octanol–water partition coefficient (Wildman–Crippen LogP) is 3.94. The van der Waals surface area contributed by atoms with Gasteiger partial charge in [-0.05, 0) is 71.5 Å². The van der Waals surface area contributed by atoms with E-state index in [1.54, 1.807) is 12.1 Å². The summed E-state index contributed by atoms with van der Waals surface area (Å²) in [5, 5.41) is 0.920. The van der Waals surface area contributed by atoms with Crippen LogP contribution in [0.2, 0.25) is 0 Å². The number of benzene rings is 4. The van der Waals surface area contributed by atoms with Gasteiger partial charge in [-0.3, -0.25) is 13.7 Å². The smallest absolute Gasteiger partial charge is 0.282 e. The zero-order valence-electron chi connectivity index (χ0n) is 18.4. The number of hydrogen-bond donors (Lipinski definition) is 3. The van der Waals surface area contributed by atoms with Crippen LogP contribution in [0.1, 0.15) is 22.3 Å². The Hall–Kier alpha value is -2.87. The van der Waals surface area contributed by atoms with Gasteiger partial charge in [0.05, 0.1) is 4.90 Å². The van der Waals surface area contributed by atoms with Gasteiger partial charge in [0.15, 0.2) is 0 Å². The Morgan fingerprint density at radius 1 is 0.629 bits per heavy atom. The van der Waals surface area contributed by atoms with Gasteiger partial charge in [-0.1, -0.05) is 36.4 Å². The van der Waals surface area contributed by atoms with Crippen LogP contribution in [0.15, 0.2) is 69.3 Å². The first-order chi connectivity index (χ1) is 16.1. The van der Waals surface area contributed by atoms with Gasteiger partial charge in [-0.2, -0.15) is 25.3 Å². The van der Waals surface area contributed by atoms with Gasteiger partial charge in [0.25, 0.3) is 30.4 Å². The highest BCUT2D eigenvalue weighted by atomic mass is 32.2. The Bertz CT molecular complexity index is 1860. The Morgan fingerprint density at radius 2 is 1.26 bits per heavy atom.